The third kappa shape index (κ3) is 9.03. The van der Waals surface area contributed by atoms with Crippen molar-refractivity contribution in [2.24, 2.45) is 4.99 Å². The number of thioether (sulfide) groups is 1. The molecule has 0 bridgehead atoms. The number of piperazine rings is 1. The Kier molecular flexibility index (Phi) is 11.8. The van der Waals surface area contributed by atoms with E-state index < -0.39 is 0 Å². The van der Waals surface area contributed by atoms with Gasteiger partial charge in [-0.2, -0.15) is 0 Å². The predicted molar refractivity (Wildman–Crippen MR) is 144 cm³/mol. The number of nitrogens with zero attached hydrogens (tertiary/aromatic N) is 4. The molecule has 31 heavy (non-hydrogen) atoms. The van der Waals surface area contributed by atoms with Crippen molar-refractivity contribution in [3.63, 3.8) is 0 Å². The molecule has 0 aliphatic carbocycles. The first kappa shape index (κ1) is 26.0. The second kappa shape index (κ2) is 14.0. The van der Waals surface area contributed by atoms with Gasteiger partial charge in [-0.1, -0.05) is 11.6 Å². The lowest BCUT2D eigenvalue weighted by molar-refractivity contribution is 0.312. The van der Waals surface area contributed by atoms with E-state index in [1.54, 1.807) is 11.8 Å². The fourth-order valence-electron chi connectivity index (χ4n) is 3.15. The Labute approximate surface area is 212 Å². The molecule has 1 aliphatic heterocycles. The number of likely N-dealkylation sites (N-methyl/N-ethyl adjacent to an activating group) is 1. The highest BCUT2D eigenvalue weighted by Crippen LogP contribution is 2.19. The average molecular weight is 575 g/mol. The number of guanidine groups is 1. The Bertz CT molecular complexity index is 812. The standard InChI is InChI=1S/C22H31ClN6S.HI/c1-3-24-22(26-10-15-30-20-6-4-19(23)5-7-20)27-17-18-8-9-25-21(16-18)29-13-11-28(2)12-14-29;/h4-9,16H,3,10-15,17H2,1-2H3,(H2,24,26,27);1H. The summed E-state index contributed by atoms with van der Waals surface area (Å²) in [6.45, 7) is 8.57. The molecule has 9 heteroatoms. The van der Waals surface area contributed by atoms with Crippen molar-refractivity contribution >= 4 is 59.1 Å². The number of aliphatic imine (C=N–C) groups is 1. The zero-order valence-corrected chi connectivity index (χ0v) is 22.1. The van der Waals surface area contributed by atoms with E-state index in [-0.39, 0.29) is 24.0 Å². The van der Waals surface area contributed by atoms with Crippen molar-refractivity contribution in [3.8, 4) is 0 Å². The van der Waals surface area contributed by atoms with Gasteiger partial charge in [0.05, 0.1) is 6.54 Å². The summed E-state index contributed by atoms with van der Waals surface area (Å²) in [5.41, 5.74) is 1.17. The quantitative estimate of drug-likeness (QED) is 0.164. The fraction of sp³-hybridized carbons (Fsp3) is 0.455. The van der Waals surface area contributed by atoms with E-state index in [4.69, 9.17) is 16.6 Å². The number of hydrogen-bond donors (Lipinski definition) is 2. The fourth-order valence-corrected chi connectivity index (χ4v) is 4.04. The van der Waals surface area contributed by atoms with Crippen LogP contribution in [0.3, 0.4) is 0 Å². The van der Waals surface area contributed by atoms with Crippen LogP contribution in [0.4, 0.5) is 5.82 Å². The molecule has 3 rings (SSSR count). The van der Waals surface area contributed by atoms with Crippen LogP contribution in [0, 0.1) is 0 Å². The van der Waals surface area contributed by atoms with Crippen LogP contribution < -0.4 is 15.5 Å². The minimum absolute atomic E-state index is 0. The topological polar surface area (TPSA) is 55.8 Å². The van der Waals surface area contributed by atoms with Gasteiger partial charge in [-0.15, -0.1) is 35.7 Å². The Morgan fingerprint density at radius 3 is 2.58 bits per heavy atom. The number of pyridine rings is 1. The van der Waals surface area contributed by atoms with Gasteiger partial charge in [-0.25, -0.2) is 9.98 Å². The average Bonchev–Trinajstić information content (AvgIpc) is 2.77. The number of benzene rings is 1. The summed E-state index contributed by atoms with van der Waals surface area (Å²) in [5.74, 6) is 2.84. The van der Waals surface area contributed by atoms with Crippen molar-refractivity contribution in [1.29, 1.82) is 0 Å². The van der Waals surface area contributed by atoms with E-state index in [2.05, 4.69) is 45.5 Å². The largest absolute Gasteiger partial charge is 0.357 e. The normalized spacial score (nSPS) is 14.8. The third-order valence-corrected chi connectivity index (χ3v) is 6.14. The van der Waals surface area contributed by atoms with Crippen molar-refractivity contribution in [2.75, 3.05) is 57.0 Å². The van der Waals surface area contributed by atoms with Crippen LogP contribution in [0.1, 0.15) is 12.5 Å². The van der Waals surface area contributed by atoms with Crippen LogP contribution in [0.5, 0.6) is 0 Å². The molecule has 2 aromatic rings. The summed E-state index contributed by atoms with van der Waals surface area (Å²) in [6, 6.07) is 12.2. The maximum absolute atomic E-state index is 5.94. The van der Waals surface area contributed by atoms with Gasteiger partial charge >= 0.3 is 0 Å². The number of aromatic nitrogens is 1. The van der Waals surface area contributed by atoms with Crippen LogP contribution in [-0.4, -0.2) is 67.9 Å². The second-order valence-electron chi connectivity index (χ2n) is 7.24. The molecule has 1 saturated heterocycles. The number of hydrogen-bond acceptors (Lipinski definition) is 5. The van der Waals surface area contributed by atoms with Gasteiger partial charge in [0.25, 0.3) is 0 Å². The monoisotopic (exact) mass is 574 g/mol. The Morgan fingerprint density at radius 1 is 1.13 bits per heavy atom. The Balaban J connectivity index is 0.00000341. The third-order valence-electron chi connectivity index (χ3n) is 4.88. The molecule has 170 valence electrons. The van der Waals surface area contributed by atoms with Crippen molar-refractivity contribution in [1.82, 2.24) is 20.5 Å². The molecular weight excluding hydrogens is 543 g/mol. The SMILES string of the molecule is CCNC(=NCc1ccnc(N2CCN(C)CC2)c1)NCCSc1ccc(Cl)cc1.I. The smallest absolute Gasteiger partial charge is 0.191 e. The van der Waals surface area contributed by atoms with Crippen LogP contribution in [0.15, 0.2) is 52.5 Å². The molecule has 0 spiro atoms. The molecule has 1 aromatic heterocycles. The van der Waals surface area contributed by atoms with Gasteiger partial charge in [-0.3, -0.25) is 0 Å². The molecular formula is C22H32ClIN6S. The lowest BCUT2D eigenvalue weighted by atomic mass is 10.2. The summed E-state index contributed by atoms with van der Waals surface area (Å²) >= 11 is 7.74. The van der Waals surface area contributed by atoms with E-state index in [1.807, 2.05) is 36.5 Å². The van der Waals surface area contributed by atoms with E-state index in [9.17, 15) is 0 Å². The lowest BCUT2D eigenvalue weighted by Gasteiger charge is -2.33. The van der Waals surface area contributed by atoms with E-state index in [1.165, 1.54) is 10.5 Å². The van der Waals surface area contributed by atoms with Crippen LogP contribution >= 0.6 is 47.3 Å². The second-order valence-corrected chi connectivity index (χ2v) is 8.84. The molecule has 0 unspecified atom stereocenters. The van der Waals surface area contributed by atoms with Crippen molar-refractivity contribution in [2.45, 2.75) is 18.4 Å². The van der Waals surface area contributed by atoms with Crippen molar-refractivity contribution in [3.05, 3.63) is 53.2 Å². The van der Waals surface area contributed by atoms with Gasteiger partial charge in [-0.05, 0) is 55.9 Å². The molecule has 0 saturated carbocycles. The number of rotatable bonds is 8. The highest BCUT2D eigenvalue weighted by Gasteiger charge is 2.15. The molecule has 0 radical (unpaired) electrons. The maximum Gasteiger partial charge on any atom is 0.191 e. The van der Waals surface area contributed by atoms with Gasteiger partial charge in [0.15, 0.2) is 5.96 Å². The number of anilines is 1. The van der Waals surface area contributed by atoms with Crippen LogP contribution in [-0.2, 0) is 6.54 Å². The molecule has 0 atom stereocenters. The molecule has 1 aromatic carbocycles. The minimum Gasteiger partial charge on any atom is -0.357 e. The first-order valence-electron chi connectivity index (χ1n) is 10.4. The first-order chi connectivity index (χ1) is 14.6. The number of nitrogens with one attached hydrogen (secondary N) is 2. The van der Waals surface area contributed by atoms with Crippen LogP contribution in [0.25, 0.3) is 0 Å². The summed E-state index contributed by atoms with van der Waals surface area (Å²) in [6.07, 6.45) is 1.89. The van der Waals surface area contributed by atoms with E-state index in [0.29, 0.717) is 6.54 Å². The molecule has 2 heterocycles. The highest BCUT2D eigenvalue weighted by molar-refractivity contribution is 14.0. The Hall–Kier alpha value is -1.23. The summed E-state index contributed by atoms with van der Waals surface area (Å²) in [7, 11) is 2.17. The van der Waals surface area contributed by atoms with Gasteiger partial charge in [0.1, 0.15) is 5.82 Å². The molecule has 1 aliphatic rings. The molecule has 6 nitrogen and oxygen atoms in total. The lowest BCUT2D eigenvalue weighted by Crippen LogP contribution is -2.44. The molecule has 1 fully saturated rings. The van der Waals surface area contributed by atoms with E-state index >= 15 is 0 Å². The zero-order chi connectivity index (χ0) is 21.2. The van der Waals surface area contributed by atoms with Crippen LogP contribution in [0.2, 0.25) is 5.02 Å². The molecule has 0 amide bonds. The van der Waals surface area contributed by atoms with Gasteiger partial charge < -0.3 is 20.4 Å². The molecule has 2 N–H and O–H groups in total. The van der Waals surface area contributed by atoms with E-state index in [0.717, 1.165) is 61.8 Å². The minimum atomic E-state index is 0. The van der Waals surface area contributed by atoms with Crippen molar-refractivity contribution < 1.29 is 0 Å². The number of halogens is 2. The Morgan fingerprint density at radius 2 is 1.87 bits per heavy atom. The summed E-state index contributed by atoms with van der Waals surface area (Å²) in [4.78, 5) is 15.2. The highest BCUT2D eigenvalue weighted by atomic mass is 127. The predicted octanol–water partition coefficient (Wildman–Crippen LogP) is 3.95. The maximum atomic E-state index is 5.94. The van der Waals surface area contributed by atoms with Gasteiger partial charge in [0.2, 0.25) is 0 Å². The zero-order valence-electron chi connectivity index (χ0n) is 18.2. The first-order valence-corrected chi connectivity index (χ1v) is 11.8. The van der Waals surface area contributed by atoms with Gasteiger partial charge in [0, 0.05) is 61.1 Å². The summed E-state index contributed by atoms with van der Waals surface area (Å²) < 4.78 is 0. The summed E-state index contributed by atoms with van der Waals surface area (Å²) in [5, 5.41) is 7.51.